The van der Waals surface area contributed by atoms with Crippen LogP contribution in [-0.4, -0.2) is 46.3 Å². The van der Waals surface area contributed by atoms with Crippen LogP contribution in [0.1, 0.15) is 35.3 Å². The van der Waals surface area contributed by atoms with E-state index >= 15 is 0 Å². The summed E-state index contributed by atoms with van der Waals surface area (Å²) in [6.07, 6.45) is 3.81. The Kier molecular flexibility index (Phi) is 7.23. The SMILES string of the molecule is COc1ccc(Cn2nnc(C(=O)O)c2Sc2ccc(-c3cccc(N4CCCCC4)c3)cc2)cc1. The van der Waals surface area contributed by atoms with Gasteiger partial charge in [0.15, 0.2) is 0 Å². The van der Waals surface area contributed by atoms with Crippen molar-refractivity contribution in [2.45, 2.75) is 35.7 Å². The van der Waals surface area contributed by atoms with Crippen molar-refractivity contribution in [3.8, 4) is 16.9 Å². The molecule has 1 aliphatic heterocycles. The number of methoxy groups -OCH3 is 1. The molecule has 0 radical (unpaired) electrons. The lowest BCUT2D eigenvalue weighted by Gasteiger charge is -2.29. The van der Waals surface area contributed by atoms with Crippen LogP contribution in [0.15, 0.2) is 82.7 Å². The Morgan fingerprint density at radius 2 is 1.72 bits per heavy atom. The van der Waals surface area contributed by atoms with Gasteiger partial charge in [-0.2, -0.15) is 0 Å². The predicted octanol–water partition coefficient (Wildman–Crippen LogP) is 5.84. The van der Waals surface area contributed by atoms with E-state index in [0.29, 0.717) is 11.6 Å². The van der Waals surface area contributed by atoms with Crippen molar-refractivity contribution >= 4 is 23.4 Å². The van der Waals surface area contributed by atoms with Crippen molar-refractivity contribution in [1.29, 1.82) is 0 Å². The zero-order valence-corrected chi connectivity index (χ0v) is 20.9. The van der Waals surface area contributed by atoms with Crippen molar-refractivity contribution in [2.75, 3.05) is 25.1 Å². The summed E-state index contributed by atoms with van der Waals surface area (Å²) < 4.78 is 6.85. The van der Waals surface area contributed by atoms with Crippen LogP contribution in [0.3, 0.4) is 0 Å². The van der Waals surface area contributed by atoms with E-state index in [0.717, 1.165) is 34.9 Å². The Bertz CT molecular complexity index is 1330. The zero-order chi connectivity index (χ0) is 24.9. The van der Waals surface area contributed by atoms with Crippen molar-refractivity contribution in [2.24, 2.45) is 0 Å². The highest BCUT2D eigenvalue weighted by atomic mass is 32.2. The van der Waals surface area contributed by atoms with Crippen LogP contribution in [0.5, 0.6) is 5.75 Å². The van der Waals surface area contributed by atoms with Gasteiger partial charge in [-0.1, -0.05) is 53.4 Å². The monoisotopic (exact) mass is 500 g/mol. The minimum Gasteiger partial charge on any atom is -0.497 e. The van der Waals surface area contributed by atoms with Gasteiger partial charge in [-0.3, -0.25) is 0 Å². The van der Waals surface area contributed by atoms with Crippen molar-refractivity contribution in [3.63, 3.8) is 0 Å². The number of carboxylic acids is 1. The first-order valence-electron chi connectivity index (χ1n) is 12.0. The Morgan fingerprint density at radius 1 is 0.972 bits per heavy atom. The number of carboxylic acid groups (broad SMARTS) is 1. The molecule has 1 aliphatic rings. The third kappa shape index (κ3) is 5.39. The van der Waals surface area contributed by atoms with E-state index in [-0.39, 0.29) is 5.69 Å². The molecule has 1 saturated heterocycles. The van der Waals surface area contributed by atoms with E-state index < -0.39 is 5.97 Å². The first-order valence-corrected chi connectivity index (χ1v) is 12.9. The molecule has 8 heteroatoms. The van der Waals surface area contributed by atoms with Crippen LogP contribution in [-0.2, 0) is 6.54 Å². The molecule has 7 nitrogen and oxygen atoms in total. The number of anilines is 1. The van der Waals surface area contributed by atoms with E-state index in [4.69, 9.17) is 4.74 Å². The number of aromatic carboxylic acids is 1. The molecule has 2 heterocycles. The zero-order valence-electron chi connectivity index (χ0n) is 20.1. The van der Waals surface area contributed by atoms with Crippen LogP contribution in [0.4, 0.5) is 5.69 Å². The summed E-state index contributed by atoms with van der Waals surface area (Å²) in [5.74, 6) is -0.329. The maximum Gasteiger partial charge on any atom is 0.359 e. The molecule has 0 aliphatic carbocycles. The van der Waals surface area contributed by atoms with Crippen LogP contribution >= 0.6 is 11.8 Å². The standard InChI is InChI=1S/C28H28N4O3S/c1-35-24-12-8-20(9-13-24)19-32-27(26(28(33)34)29-30-32)36-25-14-10-21(11-15-25)22-6-5-7-23(18-22)31-16-3-2-4-17-31/h5-15,18H,2-4,16-17,19H2,1H3,(H,33,34). The molecule has 0 unspecified atom stereocenters. The van der Waals surface area contributed by atoms with Gasteiger partial charge < -0.3 is 14.7 Å². The number of rotatable bonds is 8. The largest absolute Gasteiger partial charge is 0.497 e. The molecule has 1 N–H and O–H groups in total. The second kappa shape index (κ2) is 10.9. The van der Waals surface area contributed by atoms with E-state index in [2.05, 4.69) is 51.6 Å². The molecule has 1 fully saturated rings. The van der Waals surface area contributed by atoms with E-state index in [1.807, 2.05) is 36.4 Å². The minimum atomic E-state index is -1.09. The quantitative estimate of drug-likeness (QED) is 0.325. The Labute approximate surface area is 214 Å². The van der Waals surface area contributed by atoms with Crippen molar-refractivity contribution in [3.05, 3.63) is 84.1 Å². The second-order valence-electron chi connectivity index (χ2n) is 8.78. The molecule has 4 aromatic rings. The molecule has 0 saturated carbocycles. The number of piperidine rings is 1. The van der Waals surface area contributed by atoms with Gasteiger partial charge in [0.05, 0.1) is 13.7 Å². The maximum absolute atomic E-state index is 11.8. The topological polar surface area (TPSA) is 80.5 Å². The van der Waals surface area contributed by atoms with Gasteiger partial charge in [0, 0.05) is 23.7 Å². The summed E-state index contributed by atoms with van der Waals surface area (Å²) in [5.41, 5.74) is 4.49. The molecule has 0 atom stereocenters. The van der Waals surface area contributed by atoms with Crippen LogP contribution in [0.2, 0.25) is 0 Å². The number of benzene rings is 3. The molecular weight excluding hydrogens is 472 g/mol. The van der Waals surface area contributed by atoms with Gasteiger partial charge >= 0.3 is 5.97 Å². The summed E-state index contributed by atoms with van der Waals surface area (Å²) in [7, 11) is 1.62. The fourth-order valence-corrected chi connectivity index (χ4v) is 5.33. The number of nitrogens with zero attached hydrogens (tertiary/aromatic N) is 4. The Balaban J connectivity index is 1.35. The fourth-order valence-electron chi connectivity index (χ4n) is 4.41. The average Bonchev–Trinajstić information content (AvgIpc) is 3.32. The van der Waals surface area contributed by atoms with Gasteiger partial charge in [-0.25, -0.2) is 9.48 Å². The van der Waals surface area contributed by atoms with Gasteiger partial charge in [0.2, 0.25) is 5.69 Å². The van der Waals surface area contributed by atoms with Crippen LogP contribution in [0.25, 0.3) is 11.1 Å². The summed E-state index contributed by atoms with van der Waals surface area (Å²) in [5, 5.41) is 18.2. The summed E-state index contributed by atoms with van der Waals surface area (Å²) in [6, 6.07) is 24.5. The summed E-state index contributed by atoms with van der Waals surface area (Å²) in [4.78, 5) is 15.2. The lowest BCUT2D eigenvalue weighted by Crippen LogP contribution is -2.29. The molecule has 36 heavy (non-hydrogen) atoms. The Morgan fingerprint density at radius 3 is 2.42 bits per heavy atom. The first kappa shape index (κ1) is 23.9. The van der Waals surface area contributed by atoms with Crippen molar-refractivity contribution < 1.29 is 14.6 Å². The fraction of sp³-hybridized carbons (Fsp3) is 0.250. The molecule has 0 amide bonds. The summed E-state index contributed by atoms with van der Waals surface area (Å²) in [6.45, 7) is 2.64. The van der Waals surface area contributed by atoms with Crippen LogP contribution in [0, 0.1) is 0 Å². The molecule has 5 rings (SSSR count). The van der Waals surface area contributed by atoms with Crippen molar-refractivity contribution in [1.82, 2.24) is 15.0 Å². The molecule has 0 bridgehead atoms. The normalized spacial score (nSPS) is 13.5. The number of hydrogen-bond donors (Lipinski definition) is 1. The predicted molar refractivity (Wildman–Crippen MR) is 141 cm³/mol. The molecule has 184 valence electrons. The average molecular weight is 501 g/mol. The molecule has 0 spiro atoms. The molecule has 1 aromatic heterocycles. The third-order valence-electron chi connectivity index (χ3n) is 6.35. The van der Waals surface area contributed by atoms with Gasteiger partial charge in [0.25, 0.3) is 0 Å². The Hall–Kier alpha value is -3.78. The number of hydrogen-bond acceptors (Lipinski definition) is 6. The third-order valence-corrected chi connectivity index (χ3v) is 7.46. The summed E-state index contributed by atoms with van der Waals surface area (Å²) >= 11 is 1.36. The first-order chi connectivity index (χ1) is 17.6. The van der Waals surface area contributed by atoms with Gasteiger partial charge in [-0.15, -0.1) is 5.10 Å². The molecule has 3 aromatic carbocycles. The van der Waals surface area contributed by atoms with E-state index in [9.17, 15) is 9.90 Å². The lowest BCUT2D eigenvalue weighted by molar-refractivity contribution is 0.0686. The number of carbonyl (C=O) groups is 1. The highest BCUT2D eigenvalue weighted by Crippen LogP contribution is 2.33. The molecular formula is C28H28N4O3S. The van der Waals surface area contributed by atoms with Gasteiger partial charge in [0.1, 0.15) is 10.8 Å². The van der Waals surface area contributed by atoms with E-state index in [1.54, 1.807) is 11.8 Å². The number of ether oxygens (including phenoxy) is 1. The van der Waals surface area contributed by atoms with Crippen LogP contribution < -0.4 is 9.64 Å². The lowest BCUT2D eigenvalue weighted by atomic mass is 10.0. The number of aromatic nitrogens is 3. The highest BCUT2D eigenvalue weighted by molar-refractivity contribution is 7.99. The minimum absolute atomic E-state index is 0.0492. The second-order valence-corrected chi connectivity index (χ2v) is 9.84. The maximum atomic E-state index is 11.8. The van der Waals surface area contributed by atoms with Gasteiger partial charge in [-0.05, 0) is 72.4 Å². The van der Waals surface area contributed by atoms with E-state index in [1.165, 1.54) is 42.3 Å². The highest BCUT2D eigenvalue weighted by Gasteiger charge is 2.20. The smallest absolute Gasteiger partial charge is 0.359 e.